The van der Waals surface area contributed by atoms with Crippen molar-refractivity contribution in [2.24, 2.45) is 0 Å². The van der Waals surface area contributed by atoms with Gasteiger partial charge in [0, 0.05) is 22.5 Å². The molecule has 0 bridgehead atoms. The van der Waals surface area contributed by atoms with E-state index in [4.69, 9.17) is 11.6 Å². The van der Waals surface area contributed by atoms with Crippen LogP contribution in [0.4, 0.5) is 4.39 Å². The Morgan fingerprint density at radius 1 is 1.38 bits per heavy atom. The smallest absolute Gasteiger partial charge is 0.339 e. The van der Waals surface area contributed by atoms with E-state index in [0.717, 1.165) is 0 Å². The molecule has 0 saturated heterocycles. The highest BCUT2D eigenvalue weighted by atomic mass is 79.9. The number of benzene rings is 1. The second-order valence-corrected chi connectivity index (χ2v) is 6.43. The topological polar surface area (TPSA) is 76.0 Å². The molecule has 0 radical (unpaired) electrons. The molecule has 122 valence electrons. The highest BCUT2D eigenvalue weighted by Gasteiger charge is 2.24. The van der Waals surface area contributed by atoms with Gasteiger partial charge in [-0.05, 0) is 6.07 Å². The van der Waals surface area contributed by atoms with E-state index in [9.17, 15) is 14.3 Å². The fraction of sp³-hybridized carbons (Fsp3) is 0.0667. The van der Waals surface area contributed by atoms with Crippen molar-refractivity contribution in [2.45, 2.75) is 5.33 Å². The van der Waals surface area contributed by atoms with Crippen molar-refractivity contribution in [1.82, 2.24) is 15.0 Å². The van der Waals surface area contributed by atoms with Crippen LogP contribution in [-0.4, -0.2) is 26.0 Å². The molecule has 3 aromatic rings. The first-order valence-corrected chi connectivity index (χ1v) is 8.95. The lowest BCUT2D eigenvalue weighted by atomic mass is 10.0. The number of carbonyl (C=O) groups is 1. The molecular weight excluding hydrogens is 421 g/mol. The van der Waals surface area contributed by atoms with E-state index in [1.54, 1.807) is 11.6 Å². The summed E-state index contributed by atoms with van der Waals surface area (Å²) < 4.78 is 13.8. The van der Waals surface area contributed by atoms with Gasteiger partial charge in [-0.3, -0.25) is 0 Å². The SMILES string of the molecule is O=C(O)c1c(CBr)nc(-c2nccs2)nc1-c1cccc(F)c1Cl. The molecule has 0 spiro atoms. The van der Waals surface area contributed by atoms with Crippen molar-refractivity contribution in [3.05, 3.63) is 51.9 Å². The maximum atomic E-state index is 13.8. The molecule has 0 fully saturated rings. The number of thiazole rings is 1. The molecule has 0 aliphatic carbocycles. The summed E-state index contributed by atoms with van der Waals surface area (Å²) in [4.78, 5) is 24.4. The predicted molar refractivity (Wildman–Crippen MR) is 93.1 cm³/mol. The fourth-order valence-electron chi connectivity index (χ4n) is 2.14. The monoisotopic (exact) mass is 427 g/mol. The Balaban J connectivity index is 2.35. The van der Waals surface area contributed by atoms with Crippen molar-refractivity contribution in [1.29, 1.82) is 0 Å². The minimum Gasteiger partial charge on any atom is -0.478 e. The minimum atomic E-state index is -1.22. The van der Waals surface area contributed by atoms with Gasteiger partial charge in [-0.25, -0.2) is 24.1 Å². The van der Waals surface area contributed by atoms with Crippen LogP contribution in [-0.2, 0) is 5.33 Å². The molecule has 0 amide bonds. The zero-order valence-electron chi connectivity index (χ0n) is 11.8. The number of alkyl halides is 1. The Bertz CT molecular complexity index is 921. The molecule has 2 aromatic heterocycles. The Morgan fingerprint density at radius 2 is 2.17 bits per heavy atom. The van der Waals surface area contributed by atoms with E-state index < -0.39 is 11.8 Å². The van der Waals surface area contributed by atoms with Gasteiger partial charge in [0.2, 0.25) is 0 Å². The molecule has 5 nitrogen and oxygen atoms in total. The molecule has 0 unspecified atom stereocenters. The molecule has 1 aromatic carbocycles. The molecule has 0 saturated carbocycles. The standard InChI is InChI=1S/C15H8BrClFN3O2S/c16-6-9-10(15(22)23)12(7-2-1-3-8(18)11(7)17)21-13(20-9)14-19-4-5-24-14/h1-5H,6H2,(H,22,23). The van der Waals surface area contributed by atoms with Crippen LogP contribution in [0.5, 0.6) is 0 Å². The first-order chi connectivity index (χ1) is 11.5. The summed E-state index contributed by atoms with van der Waals surface area (Å²) in [6.07, 6.45) is 1.59. The van der Waals surface area contributed by atoms with E-state index in [-0.39, 0.29) is 38.7 Å². The van der Waals surface area contributed by atoms with Gasteiger partial charge in [-0.1, -0.05) is 39.7 Å². The van der Waals surface area contributed by atoms with Crippen molar-refractivity contribution in [2.75, 3.05) is 0 Å². The van der Waals surface area contributed by atoms with E-state index >= 15 is 0 Å². The first kappa shape index (κ1) is 16.9. The van der Waals surface area contributed by atoms with Crippen LogP contribution >= 0.6 is 38.9 Å². The summed E-state index contributed by atoms with van der Waals surface area (Å²) in [6.45, 7) is 0. The fourth-order valence-corrected chi connectivity index (χ4v) is 3.33. The van der Waals surface area contributed by atoms with Crippen LogP contribution in [0.15, 0.2) is 29.8 Å². The summed E-state index contributed by atoms with van der Waals surface area (Å²) in [7, 11) is 0. The number of nitrogens with zero attached hydrogens (tertiary/aromatic N) is 3. The van der Waals surface area contributed by atoms with E-state index in [1.807, 2.05) is 0 Å². The van der Waals surface area contributed by atoms with Gasteiger partial charge in [0.15, 0.2) is 10.8 Å². The average molecular weight is 429 g/mol. The third kappa shape index (κ3) is 3.04. The lowest BCUT2D eigenvalue weighted by molar-refractivity contribution is 0.0696. The first-order valence-electron chi connectivity index (χ1n) is 6.57. The number of carboxylic acid groups (broad SMARTS) is 1. The largest absolute Gasteiger partial charge is 0.478 e. The number of hydrogen-bond donors (Lipinski definition) is 1. The van der Waals surface area contributed by atoms with Gasteiger partial charge in [0.25, 0.3) is 0 Å². The number of aromatic nitrogens is 3. The molecule has 1 N–H and O–H groups in total. The van der Waals surface area contributed by atoms with Gasteiger partial charge in [-0.2, -0.15) is 0 Å². The number of halogens is 3. The number of hydrogen-bond acceptors (Lipinski definition) is 5. The number of rotatable bonds is 4. The van der Waals surface area contributed by atoms with Crippen LogP contribution in [0, 0.1) is 5.82 Å². The Morgan fingerprint density at radius 3 is 2.79 bits per heavy atom. The number of aromatic carboxylic acids is 1. The summed E-state index contributed by atoms with van der Waals surface area (Å²) in [5.41, 5.74) is 0.385. The Kier molecular flexibility index (Phi) is 4.88. The zero-order chi connectivity index (χ0) is 17.3. The van der Waals surface area contributed by atoms with E-state index in [2.05, 4.69) is 30.9 Å². The molecule has 24 heavy (non-hydrogen) atoms. The maximum absolute atomic E-state index is 13.8. The average Bonchev–Trinajstić information content (AvgIpc) is 3.10. The summed E-state index contributed by atoms with van der Waals surface area (Å²) in [5.74, 6) is -1.61. The lowest BCUT2D eigenvalue weighted by Crippen LogP contribution is -2.10. The minimum absolute atomic E-state index is 0.0571. The van der Waals surface area contributed by atoms with Crippen molar-refractivity contribution in [3.63, 3.8) is 0 Å². The number of carboxylic acids is 1. The predicted octanol–water partition coefficient (Wildman–Crippen LogP) is 4.65. The van der Waals surface area contributed by atoms with Gasteiger partial charge in [0.1, 0.15) is 11.4 Å². The van der Waals surface area contributed by atoms with Crippen LogP contribution < -0.4 is 0 Å². The Hall–Kier alpha value is -1.90. The molecule has 3 rings (SSSR count). The van der Waals surface area contributed by atoms with Gasteiger partial charge in [-0.15, -0.1) is 11.3 Å². The van der Waals surface area contributed by atoms with Crippen molar-refractivity contribution in [3.8, 4) is 22.1 Å². The molecule has 0 atom stereocenters. The van der Waals surface area contributed by atoms with Crippen LogP contribution in [0.1, 0.15) is 16.1 Å². The third-order valence-corrected chi connectivity index (χ3v) is 4.84. The summed E-state index contributed by atoms with van der Waals surface area (Å²) >= 11 is 10.6. The molecule has 0 aliphatic heterocycles. The zero-order valence-corrected chi connectivity index (χ0v) is 15.0. The maximum Gasteiger partial charge on any atom is 0.339 e. The second kappa shape index (κ2) is 6.92. The molecule has 9 heteroatoms. The van der Waals surface area contributed by atoms with E-state index in [1.165, 1.54) is 29.5 Å². The molecular formula is C15H8BrClFN3O2S. The van der Waals surface area contributed by atoms with Crippen molar-refractivity contribution < 1.29 is 14.3 Å². The second-order valence-electron chi connectivity index (χ2n) is 4.59. The van der Waals surface area contributed by atoms with Crippen LogP contribution in [0.3, 0.4) is 0 Å². The van der Waals surface area contributed by atoms with Crippen LogP contribution in [0.2, 0.25) is 5.02 Å². The summed E-state index contributed by atoms with van der Waals surface area (Å²) in [5, 5.41) is 11.9. The molecule has 2 heterocycles. The van der Waals surface area contributed by atoms with Crippen LogP contribution in [0.25, 0.3) is 22.1 Å². The third-order valence-electron chi connectivity index (χ3n) is 3.15. The normalized spacial score (nSPS) is 10.8. The highest BCUT2D eigenvalue weighted by molar-refractivity contribution is 9.08. The van der Waals surface area contributed by atoms with Gasteiger partial charge >= 0.3 is 5.97 Å². The summed E-state index contributed by atoms with van der Waals surface area (Å²) in [6, 6.07) is 4.16. The van der Waals surface area contributed by atoms with Crippen molar-refractivity contribution >= 4 is 44.8 Å². The van der Waals surface area contributed by atoms with E-state index in [0.29, 0.717) is 5.01 Å². The lowest BCUT2D eigenvalue weighted by Gasteiger charge is -2.12. The Labute approximate surface area is 153 Å². The highest BCUT2D eigenvalue weighted by Crippen LogP contribution is 2.34. The molecule has 0 aliphatic rings. The van der Waals surface area contributed by atoms with Gasteiger partial charge < -0.3 is 5.11 Å². The quantitative estimate of drug-likeness (QED) is 0.612. The van der Waals surface area contributed by atoms with Gasteiger partial charge in [0.05, 0.1) is 16.4 Å².